The molecule has 1 heterocycles. The number of aromatic nitrogens is 1. The maximum absolute atomic E-state index is 9.05. The van der Waals surface area contributed by atoms with Gasteiger partial charge in [0.2, 0.25) is 0 Å². The van der Waals surface area contributed by atoms with Crippen LogP contribution in [0.5, 0.6) is 0 Å². The molecule has 0 aliphatic heterocycles. The van der Waals surface area contributed by atoms with E-state index in [1.807, 2.05) is 6.92 Å². The van der Waals surface area contributed by atoms with Crippen LogP contribution in [-0.4, -0.2) is 18.0 Å². The highest BCUT2D eigenvalue weighted by molar-refractivity contribution is 8.19. The highest BCUT2D eigenvalue weighted by Crippen LogP contribution is 2.44. The molecule has 0 fully saturated rings. The van der Waals surface area contributed by atoms with Crippen LogP contribution in [0.25, 0.3) is 10.9 Å². The normalized spacial score (nSPS) is 13.4. The summed E-state index contributed by atoms with van der Waals surface area (Å²) in [5.41, 5.74) is 0.805. The highest BCUT2D eigenvalue weighted by atomic mass is 32.3. The maximum Gasteiger partial charge on any atom is 0.112 e. The van der Waals surface area contributed by atoms with E-state index in [1.54, 1.807) is 12.1 Å². The molecular weight excluding hydrogens is 222 g/mol. The van der Waals surface area contributed by atoms with Crippen molar-refractivity contribution >= 4 is 33.3 Å². The van der Waals surface area contributed by atoms with Gasteiger partial charge in [0.1, 0.15) is 10.9 Å². The lowest BCUT2D eigenvalue weighted by Gasteiger charge is -2.18. The molecule has 0 saturated heterocycles. The minimum Gasteiger partial charge on any atom is -0.304 e. The lowest BCUT2D eigenvalue weighted by Crippen LogP contribution is -1.94. The molecule has 0 radical (unpaired) electrons. The molecule has 2 rings (SSSR count). The lowest BCUT2D eigenvalue weighted by atomic mass is 10.2. The number of hydrogen-bond acceptors (Lipinski definition) is 5. The minimum atomic E-state index is -3.61. The summed E-state index contributed by atoms with van der Waals surface area (Å²) in [6, 6.07) is 4.69. The predicted octanol–water partition coefficient (Wildman–Crippen LogP) is 3.19. The molecule has 14 heavy (non-hydrogen) atoms. The smallest absolute Gasteiger partial charge is 0.112 e. The summed E-state index contributed by atoms with van der Waals surface area (Å²) in [5.74, 6) is 0. The van der Waals surface area contributed by atoms with E-state index < -0.39 is 10.9 Å². The number of hydrogen-bond donors (Lipinski definition) is 3. The highest BCUT2D eigenvalue weighted by Gasteiger charge is 2.16. The fourth-order valence-electron chi connectivity index (χ4n) is 1.21. The van der Waals surface area contributed by atoms with Crippen molar-refractivity contribution < 1.29 is 13.7 Å². The molecule has 0 atom stereocenters. The Kier molecular flexibility index (Phi) is 2.24. The summed E-state index contributed by atoms with van der Waals surface area (Å²) in [5, 5.41) is 0.849. The second kappa shape index (κ2) is 3.18. The molecule has 0 amide bonds. The van der Waals surface area contributed by atoms with Crippen LogP contribution in [0.1, 0.15) is 4.88 Å². The van der Waals surface area contributed by atoms with Gasteiger partial charge in [-0.25, -0.2) is 0 Å². The first-order valence-electron chi connectivity index (χ1n) is 3.85. The summed E-state index contributed by atoms with van der Waals surface area (Å²) < 4.78 is 31.3. The van der Waals surface area contributed by atoms with Crippen LogP contribution in [0, 0.1) is 6.92 Å². The Morgan fingerprint density at radius 3 is 2.64 bits per heavy atom. The number of nitrogens with zero attached hydrogens (tertiary/aromatic N) is 1. The standard InChI is InChI=1S/C8H9NO3S2/c1-5-7-4-6(14(10,11)12)2-3-8(7)9-13-5/h2-4,10-12H,1H3. The van der Waals surface area contributed by atoms with Crippen molar-refractivity contribution in [1.82, 2.24) is 4.37 Å². The Balaban J connectivity index is 2.66. The molecule has 3 N–H and O–H groups in total. The second-order valence-corrected chi connectivity index (χ2v) is 5.42. The van der Waals surface area contributed by atoms with E-state index in [1.165, 1.54) is 17.6 Å². The van der Waals surface area contributed by atoms with Gasteiger partial charge in [-0.15, -0.1) is 0 Å². The summed E-state index contributed by atoms with van der Waals surface area (Å²) in [6.45, 7) is 1.90. The molecule has 0 bridgehead atoms. The summed E-state index contributed by atoms with van der Waals surface area (Å²) in [7, 11) is -3.61. The molecular formula is C8H9NO3S2. The number of fused-ring (bicyclic) bond motifs is 1. The molecule has 0 aliphatic rings. The zero-order valence-corrected chi connectivity index (χ0v) is 8.97. The zero-order chi connectivity index (χ0) is 10.3. The first-order chi connectivity index (χ1) is 6.48. The van der Waals surface area contributed by atoms with Crippen molar-refractivity contribution in [2.24, 2.45) is 0 Å². The van der Waals surface area contributed by atoms with Gasteiger partial charge in [-0.2, -0.15) is 4.37 Å². The van der Waals surface area contributed by atoms with E-state index in [9.17, 15) is 0 Å². The molecule has 1 aromatic carbocycles. The Labute approximate surface area is 86.5 Å². The van der Waals surface area contributed by atoms with Gasteiger partial charge in [-0.3, -0.25) is 0 Å². The third kappa shape index (κ3) is 1.62. The SMILES string of the molecule is Cc1snc2ccc(S(O)(O)O)cc12. The van der Waals surface area contributed by atoms with Gasteiger partial charge >= 0.3 is 0 Å². The average molecular weight is 231 g/mol. The van der Waals surface area contributed by atoms with Crippen molar-refractivity contribution in [3.8, 4) is 0 Å². The fourth-order valence-corrected chi connectivity index (χ4v) is 2.40. The quantitative estimate of drug-likeness (QED) is 0.704. The number of benzene rings is 1. The minimum absolute atomic E-state index is 0.133. The van der Waals surface area contributed by atoms with Crippen LogP contribution in [0.2, 0.25) is 0 Å². The van der Waals surface area contributed by atoms with Gasteiger partial charge in [-0.05, 0) is 36.7 Å². The largest absolute Gasteiger partial charge is 0.304 e. The molecule has 4 nitrogen and oxygen atoms in total. The number of aryl methyl sites for hydroxylation is 1. The predicted molar refractivity (Wildman–Crippen MR) is 58.1 cm³/mol. The van der Waals surface area contributed by atoms with Gasteiger partial charge in [0.05, 0.1) is 10.4 Å². The van der Waals surface area contributed by atoms with Crippen LogP contribution in [0.4, 0.5) is 0 Å². The van der Waals surface area contributed by atoms with Gasteiger partial charge < -0.3 is 13.7 Å². The van der Waals surface area contributed by atoms with Gasteiger partial charge in [0.15, 0.2) is 0 Å². The van der Waals surface area contributed by atoms with Crippen molar-refractivity contribution in [1.29, 1.82) is 0 Å². The third-order valence-electron chi connectivity index (χ3n) is 1.94. The van der Waals surface area contributed by atoms with Crippen LogP contribution < -0.4 is 0 Å². The molecule has 1 aromatic heterocycles. The van der Waals surface area contributed by atoms with E-state index in [-0.39, 0.29) is 4.90 Å². The van der Waals surface area contributed by atoms with E-state index in [4.69, 9.17) is 13.7 Å². The average Bonchev–Trinajstić information content (AvgIpc) is 2.46. The first kappa shape index (κ1) is 9.88. The van der Waals surface area contributed by atoms with Crippen molar-refractivity contribution in [3.05, 3.63) is 23.1 Å². The summed E-state index contributed by atoms with van der Waals surface area (Å²) in [6.07, 6.45) is 0. The van der Waals surface area contributed by atoms with Gasteiger partial charge in [0.25, 0.3) is 0 Å². The van der Waals surface area contributed by atoms with E-state index >= 15 is 0 Å². The monoisotopic (exact) mass is 231 g/mol. The van der Waals surface area contributed by atoms with E-state index in [0.29, 0.717) is 0 Å². The molecule has 0 aliphatic carbocycles. The van der Waals surface area contributed by atoms with Gasteiger partial charge in [0, 0.05) is 10.3 Å². The van der Waals surface area contributed by atoms with Crippen LogP contribution in [0.3, 0.4) is 0 Å². The summed E-state index contributed by atoms with van der Waals surface area (Å²) in [4.78, 5) is 1.12. The Bertz CT molecular complexity index is 475. The van der Waals surface area contributed by atoms with Crippen molar-refractivity contribution in [3.63, 3.8) is 0 Å². The topological polar surface area (TPSA) is 73.6 Å². The van der Waals surface area contributed by atoms with Crippen LogP contribution in [-0.2, 0) is 0 Å². The molecule has 0 spiro atoms. The van der Waals surface area contributed by atoms with Crippen molar-refractivity contribution in [2.45, 2.75) is 11.8 Å². The fraction of sp³-hybridized carbons (Fsp3) is 0.125. The Morgan fingerprint density at radius 2 is 2.00 bits per heavy atom. The van der Waals surface area contributed by atoms with Crippen LogP contribution >= 0.6 is 22.4 Å². The third-order valence-corrected chi connectivity index (χ3v) is 3.61. The maximum atomic E-state index is 9.05. The number of rotatable bonds is 1. The van der Waals surface area contributed by atoms with Crippen molar-refractivity contribution in [2.75, 3.05) is 0 Å². The molecule has 0 saturated carbocycles. The van der Waals surface area contributed by atoms with Crippen LogP contribution in [0.15, 0.2) is 23.1 Å². The summed E-state index contributed by atoms with van der Waals surface area (Å²) >= 11 is 1.35. The molecule has 0 unspecified atom stereocenters. The molecule has 6 heteroatoms. The Hall–Kier alpha value is -0.660. The lowest BCUT2D eigenvalue weighted by molar-refractivity contribution is 0.376. The zero-order valence-electron chi connectivity index (χ0n) is 7.34. The second-order valence-electron chi connectivity index (χ2n) is 2.94. The van der Waals surface area contributed by atoms with E-state index in [2.05, 4.69) is 4.37 Å². The van der Waals surface area contributed by atoms with Gasteiger partial charge in [-0.1, -0.05) is 0 Å². The Morgan fingerprint density at radius 1 is 1.29 bits per heavy atom. The van der Waals surface area contributed by atoms with E-state index in [0.717, 1.165) is 15.8 Å². The first-order valence-corrected chi connectivity index (χ1v) is 6.13. The molecule has 76 valence electrons. The molecule has 2 aromatic rings.